The minimum absolute atomic E-state index is 0.0388. The Kier molecular flexibility index (Phi) is 9.80. The fourth-order valence-electron chi connectivity index (χ4n) is 1.53. The Balaban J connectivity index is 3.67. The fourth-order valence-corrected chi connectivity index (χ4v) is 1.53. The van der Waals surface area contributed by atoms with Gasteiger partial charge in [0.1, 0.15) is 0 Å². The lowest BCUT2D eigenvalue weighted by Crippen LogP contribution is -2.49. The fraction of sp³-hybridized carbons (Fsp3) is 1.00. The van der Waals surface area contributed by atoms with Crippen molar-refractivity contribution in [3.63, 3.8) is 0 Å². The molecule has 0 amide bonds. The van der Waals surface area contributed by atoms with E-state index >= 15 is 0 Å². The average Bonchev–Trinajstić information content (AvgIpc) is 2.31. The van der Waals surface area contributed by atoms with E-state index in [9.17, 15) is 0 Å². The normalized spacial score (nSPS) is 15.4. The lowest BCUT2D eigenvalue weighted by molar-refractivity contribution is 0.201. The Labute approximate surface area is 98.7 Å². The molecule has 0 aromatic carbocycles. The van der Waals surface area contributed by atoms with Crippen molar-refractivity contribution < 1.29 is 0 Å². The van der Waals surface area contributed by atoms with Crippen LogP contribution in [-0.4, -0.2) is 50.0 Å². The van der Waals surface area contributed by atoms with Crippen LogP contribution in [0.1, 0.15) is 19.8 Å². The van der Waals surface area contributed by atoms with Gasteiger partial charge in [-0.3, -0.25) is 4.90 Å². The zero-order chi connectivity index (χ0) is 12.4. The van der Waals surface area contributed by atoms with Crippen molar-refractivity contribution in [1.29, 1.82) is 0 Å². The van der Waals surface area contributed by atoms with Crippen LogP contribution in [0.4, 0.5) is 0 Å². The number of hydrogen-bond donors (Lipinski definition) is 5. The summed E-state index contributed by atoms with van der Waals surface area (Å²) in [6.45, 7) is 5.88. The van der Waals surface area contributed by atoms with Gasteiger partial charge in [-0.05, 0) is 25.9 Å². The van der Waals surface area contributed by atoms with E-state index in [0.717, 1.165) is 32.5 Å². The molecule has 0 aliphatic carbocycles. The van der Waals surface area contributed by atoms with Gasteiger partial charge in [0.05, 0.1) is 12.3 Å². The van der Waals surface area contributed by atoms with E-state index in [1.807, 2.05) is 0 Å². The molecule has 0 heterocycles. The van der Waals surface area contributed by atoms with Crippen molar-refractivity contribution >= 4 is 0 Å². The van der Waals surface area contributed by atoms with E-state index < -0.39 is 0 Å². The van der Waals surface area contributed by atoms with E-state index in [2.05, 4.69) is 17.1 Å². The van der Waals surface area contributed by atoms with Gasteiger partial charge in [-0.2, -0.15) is 0 Å². The molecule has 0 saturated carbocycles. The summed E-state index contributed by atoms with van der Waals surface area (Å²) in [5.41, 5.74) is 22.5. The number of rotatable bonds is 10. The summed E-state index contributed by atoms with van der Waals surface area (Å²) in [7, 11) is 0. The van der Waals surface area contributed by atoms with E-state index in [4.69, 9.17) is 22.9 Å². The van der Waals surface area contributed by atoms with Crippen LogP contribution < -0.4 is 28.3 Å². The first-order valence-corrected chi connectivity index (χ1v) is 6.04. The first-order valence-electron chi connectivity index (χ1n) is 6.04. The van der Waals surface area contributed by atoms with Gasteiger partial charge in [0.15, 0.2) is 0 Å². The van der Waals surface area contributed by atoms with E-state index in [-0.39, 0.29) is 12.3 Å². The molecule has 0 aromatic rings. The van der Waals surface area contributed by atoms with Crippen LogP contribution in [0.2, 0.25) is 0 Å². The maximum absolute atomic E-state index is 5.91. The second-order valence-electron chi connectivity index (χ2n) is 3.99. The molecule has 98 valence electrons. The van der Waals surface area contributed by atoms with Crippen LogP contribution in [0, 0.1) is 0 Å². The number of hydrogen-bond acceptors (Lipinski definition) is 6. The molecule has 6 nitrogen and oxygen atoms in total. The molecule has 0 aliphatic heterocycles. The van der Waals surface area contributed by atoms with Gasteiger partial charge < -0.3 is 28.3 Å². The SMILES string of the molecule is CCCN(CCCNC(N)CN)C(N)CN. The summed E-state index contributed by atoms with van der Waals surface area (Å²) >= 11 is 0. The molecule has 0 saturated heterocycles. The Hall–Kier alpha value is -0.240. The van der Waals surface area contributed by atoms with Gasteiger partial charge in [0, 0.05) is 19.6 Å². The van der Waals surface area contributed by atoms with Gasteiger partial charge in [-0.25, -0.2) is 0 Å². The van der Waals surface area contributed by atoms with Crippen molar-refractivity contribution in [3.8, 4) is 0 Å². The molecular formula is C10H28N6. The standard InChI is InChI=1S/C10H28N6/c1-2-5-16(10(14)8-12)6-3-4-15-9(13)7-11/h9-10,15H,2-8,11-14H2,1H3. The van der Waals surface area contributed by atoms with Crippen LogP contribution in [0.15, 0.2) is 0 Å². The molecule has 0 fully saturated rings. The van der Waals surface area contributed by atoms with Crippen LogP contribution >= 0.6 is 0 Å². The molecule has 0 spiro atoms. The summed E-state index contributed by atoms with van der Waals surface area (Å²) < 4.78 is 0. The molecule has 2 unspecified atom stereocenters. The van der Waals surface area contributed by atoms with E-state index in [0.29, 0.717) is 13.1 Å². The second kappa shape index (κ2) is 9.95. The highest BCUT2D eigenvalue weighted by molar-refractivity contribution is 4.67. The van der Waals surface area contributed by atoms with Crippen molar-refractivity contribution in [2.75, 3.05) is 32.7 Å². The Morgan fingerprint density at radius 2 is 1.81 bits per heavy atom. The first kappa shape index (κ1) is 15.8. The number of nitrogens with one attached hydrogen (secondary N) is 1. The summed E-state index contributed by atoms with van der Waals surface area (Å²) in [6.07, 6.45) is 1.94. The average molecular weight is 232 g/mol. The zero-order valence-electron chi connectivity index (χ0n) is 10.4. The molecule has 16 heavy (non-hydrogen) atoms. The predicted octanol–water partition coefficient (Wildman–Crippen LogP) is -1.83. The quantitative estimate of drug-likeness (QED) is 0.223. The van der Waals surface area contributed by atoms with Crippen molar-refractivity contribution in [3.05, 3.63) is 0 Å². The van der Waals surface area contributed by atoms with Crippen molar-refractivity contribution in [1.82, 2.24) is 10.2 Å². The largest absolute Gasteiger partial charge is 0.328 e. The van der Waals surface area contributed by atoms with Gasteiger partial charge >= 0.3 is 0 Å². The monoisotopic (exact) mass is 232 g/mol. The lowest BCUT2D eigenvalue weighted by atomic mass is 10.3. The summed E-state index contributed by atoms with van der Waals surface area (Å²) in [5.74, 6) is 0. The minimum atomic E-state index is -0.109. The molecule has 0 rings (SSSR count). The van der Waals surface area contributed by atoms with Gasteiger partial charge in [0.2, 0.25) is 0 Å². The highest BCUT2D eigenvalue weighted by Gasteiger charge is 2.10. The molecular weight excluding hydrogens is 204 g/mol. The summed E-state index contributed by atoms with van der Waals surface area (Å²) in [5, 5.41) is 3.14. The van der Waals surface area contributed by atoms with Crippen LogP contribution in [0.3, 0.4) is 0 Å². The van der Waals surface area contributed by atoms with Crippen molar-refractivity contribution in [2.45, 2.75) is 32.1 Å². The summed E-state index contributed by atoms with van der Waals surface area (Å²) in [4.78, 5) is 2.20. The number of nitrogens with zero attached hydrogens (tertiary/aromatic N) is 1. The topological polar surface area (TPSA) is 119 Å². The smallest absolute Gasteiger partial charge is 0.0698 e. The third-order valence-electron chi connectivity index (χ3n) is 2.50. The Bertz CT molecular complexity index is 154. The van der Waals surface area contributed by atoms with Gasteiger partial charge in [0.25, 0.3) is 0 Å². The Morgan fingerprint density at radius 1 is 1.12 bits per heavy atom. The van der Waals surface area contributed by atoms with Gasteiger partial charge in [-0.1, -0.05) is 6.92 Å². The lowest BCUT2D eigenvalue weighted by Gasteiger charge is -2.27. The molecule has 0 aliphatic rings. The highest BCUT2D eigenvalue weighted by atomic mass is 15.2. The molecule has 0 bridgehead atoms. The summed E-state index contributed by atoms with van der Waals surface area (Å²) in [6, 6.07) is 0. The van der Waals surface area contributed by atoms with Crippen LogP contribution in [-0.2, 0) is 0 Å². The van der Waals surface area contributed by atoms with Crippen LogP contribution in [0.5, 0.6) is 0 Å². The first-order chi connectivity index (χ1) is 7.65. The molecule has 0 radical (unpaired) electrons. The molecule has 0 aromatic heterocycles. The number of nitrogens with two attached hydrogens (primary N) is 4. The molecule has 6 heteroatoms. The van der Waals surface area contributed by atoms with Crippen molar-refractivity contribution in [2.24, 2.45) is 22.9 Å². The van der Waals surface area contributed by atoms with Gasteiger partial charge in [-0.15, -0.1) is 0 Å². The van der Waals surface area contributed by atoms with E-state index in [1.165, 1.54) is 0 Å². The van der Waals surface area contributed by atoms with E-state index in [1.54, 1.807) is 0 Å². The third-order valence-corrected chi connectivity index (χ3v) is 2.50. The maximum Gasteiger partial charge on any atom is 0.0698 e. The second-order valence-corrected chi connectivity index (χ2v) is 3.99. The highest BCUT2D eigenvalue weighted by Crippen LogP contribution is 1.96. The third kappa shape index (κ3) is 7.10. The molecule has 9 N–H and O–H groups in total. The molecule has 2 atom stereocenters. The Morgan fingerprint density at radius 3 is 2.31 bits per heavy atom. The predicted molar refractivity (Wildman–Crippen MR) is 68.5 cm³/mol. The maximum atomic E-state index is 5.91. The van der Waals surface area contributed by atoms with Crippen LogP contribution in [0.25, 0.3) is 0 Å². The minimum Gasteiger partial charge on any atom is -0.328 e. The zero-order valence-corrected chi connectivity index (χ0v) is 10.4.